The number of benzene rings is 1. The Balaban J connectivity index is 2.63. The van der Waals surface area contributed by atoms with E-state index in [-0.39, 0.29) is 5.92 Å². The van der Waals surface area contributed by atoms with Crippen LogP contribution in [0.1, 0.15) is 32.3 Å². The molecular formula is C16H19O4P. The quantitative estimate of drug-likeness (QED) is 0.839. The van der Waals surface area contributed by atoms with E-state index in [1.807, 2.05) is 49.4 Å². The zero-order chi connectivity index (χ0) is 15.8. The van der Waals surface area contributed by atoms with E-state index in [4.69, 9.17) is 0 Å². The van der Waals surface area contributed by atoms with E-state index in [2.05, 4.69) is 0 Å². The summed E-state index contributed by atoms with van der Waals surface area (Å²) in [4.78, 5) is 31.1. The highest BCUT2D eigenvalue weighted by Crippen LogP contribution is 2.55. The van der Waals surface area contributed by atoms with E-state index in [0.29, 0.717) is 5.57 Å². The number of carbonyl (C=O) groups excluding carboxylic acids is 1. The van der Waals surface area contributed by atoms with Crippen LogP contribution in [-0.4, -0.2) is 15.3 Å². The van der Waals surface area contributed by atoms with E-state index < -0.39 is 18.5 Å². The highest BCUT2D eigenvalue weighted by Gasteiger charge is 2.50. The van der Waals surface area contributed by atoms with E-state index in [1.54, 1.807) is 13.8 Å². The Morgan fingerprint density at radius 1 is 1.19 bits per heavy atom. The Bertz CT molecular complexity index is 669. The average molecular weight is 306 g/mol. The number of hydrogen-bond donors (Lipinski definition) is 2. The van der Waals surface area contributed by atoms with Gasteiger partial charge in [-0.1, -0.05) is 53.6 Å². The van der Waals surface area contributed by atoms with Crippen LogP contribution in [0.15, 0.2) is 53.6 Å². The smallest absolute Gasteiger partial charge is 0.319 e. The molecule has 5 heteroatoms. The van der Waals surface area contributed by atoms with Crippen molar-refractivity contribution in [3.8, 4) is 0 Å². The number of hydrogen-bond acceptors (Lipinski definition) is 2. The third kappa shape index (κ3) is 2.80. The first-order chi connectivity index (χ1) is 9.67. The van der Waals surface area contributed by atoms with Crippen molar-refractivity contribution in [1.82, 2.24) is 0 Å². The van der Waals surface area contributed by atoms with Gasteiger partial charge >= 0.3 is 7.60 Å². The Labute approximate surface area is 124 Å². The van der Waals surface area contributed by atoms with Crippen LogP contribution < -0.4 is 0 Å². The predicted octanol–water partition coefficient (Wildman–Crippen LogP) is 3.39. The molecule has 2 N–H and O–H groups in total. The maximum atomic E-state index is 12.4. The van der Waals surface area contributed by atoms with E-state index in [9.17, 15) is 19.1 Å². The second-order valence-corrected chi connectivity index (χ2v) is 7.17. The topological polar surface area (TPSA) is 74.6 Å². The molecule has 4 nitrogen and oxygen atoms in total. The molecule has 1 aliphatic rings. The largest absolute Gasteiger partial charge is 0.392 e. The highest BCUT2D eigenvalue weighted by molar-refractivity contribution is 7.70. The van der Waals surface area contributed by atoms with E-state index >= 15 is 0 Å². The summed E-state index contributed by atoms with van der Waals surface area (Å²) in [6.07, 6.45) is 3.71. The summed E-state index contributed by atoms with van der Waals surface area (Å²) in [5.41, 5.74) is 0.261. The Hall–Kier alpha value is -1.48. The van der Waals surface area contributed by atoms with Crippen LogP contribution in [0, 0.1) is 5.41 Å². The first kappa shape index (κ1) is 15.9. The van der Waals surface area contributed by atoms with Crippen molar-refractivity contribution in [1.29, 1.82) is 0 Å². The summed E-state index contributed by atoms with van der Waals surface area (Å²) >= 11 is 0. The lowest BCUT2D eigenvalue weighted by Gasteiger charge is -2.39. The van der Waals surface area contributed by atoms with Gasteiger partial charge in [-0.3, -0.25) is 9.36 Å². The molecule has 0 fully saturated rings. The number of allylic oxidation sites excluding steroid dienone is 4. The van der Waals surface area contributed by atoms with Crippen molar-refractivity contribution in [3.05, 3.63) is 59.2 Å². The second kappa shape index (κ2) is 5.38. The minimum absolute atomic E-state index is 0.385. The lowest BCUT2D eigenvalue weighted by Crippen LogP contribution is -2.36. The Morgan fingerprint density at radius 2 is 1.76 bits per heavy atom. The summed E-state index contributed by atoms with van der Waals surface area (Å²) in [6, 6.07) is 9.33. The molecule has 2 rings (SSSR count). The SMILES string of the molecule is CC1=CC(c2ccccc2)C(C)(C(=O)P(=O)(O)O)C(C)=C1. The normalized spacial score (nSPS) is 26.0. The maximum Gasteiger partial charge on any atom is 0.392 e. The summed E-state index contributed by atoms with van der Waals surface area (Å²) < 4.78 is 11.5. The van der Waals surface area contributed by atoms with E-state index in [1.165, 1.54) is 0 Å². The van der Waals surface area contributed by atoms with Gasteiger partial charge in [-0.2, -0.15) is 0 Å². The summed E-state index contributed by atoms with van der Waals surface area (Å²) in [5, 5.41) is 0. The zero-order valence-corrected chi connectivity index (χ0v) is 13.2. The Morgan fingerprint density at radius 3 is 2.29 bits per heavy atom. The van der Waals surface area contributed by atoms with Crippen molar-refractivity contribution < 1.29 is 19.1 Å². The summed E-state index contributed by atoms with van der Waals surface area (Å²) in [6.45, 7) is 5.28. The summed E-state index contributed by atoms with van der Waals surface area (Å²) in [7, 11) is -4.81. The molecule has 1 aromatic rings. The third-order valence-electron chi connectivity index (χ3n) is 4.18. The predicted molar refractivity (Wildman–Crippen MR) is 81.9 cm³/mol. The fourth-order valence-electron chi connectivity index (χ4n) is 2.91. The molecule has 112 valence electrons. The molecule has 0 aromatic heterocycles. The van der Waals surface area contributed by atoms with Crippen LogP contribution in [-0.2, 0) is 9.36 Å². The molecule has 2 unspecified atom stereocenters. The molecule has 2 atom stereocenters. The molecule has 0 spiro atoms. The Kier molecular flexibility index (Phi) is 4.07. The first-order valence-electron chi connectivity index (χ1n) is 6.70. The molecule has 0 bridgehead atoms. The molecule has 0 radical (unpaired) electrons. The van der Waals surface area contributed by atoms with Gasteiger partial charge in [0.05, 0.1) is 5.41 Å². The van der Waals surface area contributed by atoms with Crippen molar-refractivity contribution in [2.24, 2.45) is 5.41 Å². The van der Waals surface area contributed by atoms with Gasteiger partial charge in [0.2, 0.25) is 0 Å². The molecule has 0 saturated heterocycles. The minimum atomic E-state index is -4.81. The fraction of sp³-hybridized carbons (Fsp3) is 0.312. The molecule has 0 amide bonds. The molecule has 0 aliphatic heterocycles. The van der Waals surface area contributed by atoms with Gasteiger partial charge in [-0.25, -0.2) is 0 Å². The van der Waals surface area contributed by atoms with Crippen molar-refractivity contribution in [2.75, 3.05) is 0 Å². The first-order valence-corrected chi connectivity index (χ1v) is 8.31. The van der Waals surface area contributed by atoms with Gasteiger partial charge in [0.15, 0.2) is 0 Å². The zero-order valence-electron chi connectivity index (χ0n) is 12.3. The van der Waals surface area contributed by atoms with Gasteiger partial charge in [-0.05, 0) is 26.3 Å². The summed E-state index contributed by atoms with van der Waals surface area (Å²) in [5.74, 6) is -0.385. The molecule has 1 aliphatic carbocycles. The molecule has 21 heavy (non-hydrogen) atoms. The standard InChI is InChI=1S/C16H19O4P/c1-11-9-12(2)16(3,15(17)21(18,19)20)14(10-11)13-7-5-4-6-8-13/h4-10,14H,1-3H3,(H2,18,19,20). The highest BCUT2D eigenvalue weighted by atomic mass is 31.2. The maximum absolute atomic E-state index is 12.4. The number of rotatable bonds is 3. The van der Waals surface area contributed by atoms with Crippen molar-refractivity contribution in [3.63, 3.8) is 0 Å². The van der Waals surface area contributed by atoms with Crippen molar-refractivity contribution >= 4 is 13.1 Å². The van der Waals surface area contributed by atoms with Gasteiger partial charge in [0.25, 0.3) is 5.52 Å². The molecule has 0 saturated carbocycles. The third-order valence-corrected chi connectivity index (χ3v) is 5.18. The van der Waals surface area contributed by atoms with Crippen LogP contribution in [0.5, 0.6) is 0 Å². The van der Waals surface area contributed by atoms with Crippen LogP contribution in [0.4, 0.5) is 0 Å². The van der Waals surface area contributed by atoms with Crippen LogP contribution >= 0.6 is 7.60 Å². The fourth-order valence-corrected chi connectivity index (χ4v) is 3.83. The lowest BCUT2D eigenvalue weighted by atomic mass is 9.66. The van der Waals surface area contributed by atoms with Gasteiger partial charge < -0.3 is 9.79 Å². The van der Waals surface area contributed by atoms with Crippen molar-refractivity contribution in [2.45, 2.75) is 26.7 Å². The van der Waals surface area contributed by atoms with Crippen LogP contribution in [0.3, 0.4) is 0 Å². The minimum Gasteiger partial charge on any atom is -0.319 e. The number of carbonyl (C=O) groups is 1. The van der Waals surface area contributed by atoms with Gasteiger partial charge in [-0.15, -0.1) is 0 Å². The lowest BCUT2D eigenvalue weighted by molar-refractivity contribution is -0.120. The average Bonchev–Trinajstić information content (AvgIpc) is 2.42. The second-order valence-electron chi connectivity index (χ2n) is 5.68. The molecular weight excluding hydrogens is 287 g/mol. The monoisotopic (exact) mass is 306 g/mol. The molecule has 1 aromatic carbocycles. The van der Waals surface area contributed by atoms with Crippen LogP contribution in [0.25, 0.3) is 0 Å². The van der Waals surface area contributed by atoms with Crippen LogP contribution in [0.2, 0.25) is 0 Å². The van der Waals surface area contributed by atoms with Gasteiger partial charge in [0.1, 0.15) is 0 Å². The van der Waals surface area contributed by atoms with E-state index in [0.717, 1.165) is 11.1 Å². The molecule has 0 heterocycles. The van der Waals surface area contributed by atoms with Gasteiger partial charge in [0, 0.05) is 5.92 Å².